The van der Waals surface area contributed by atoms with Crippen LogP contribution in [0.1, 0.15) is 36.2 Å². The van der Waals surface area contributed by atoms with Crippen LogP contribution in [0.4, 0.5) is 0 Å². The molecule has 0 radical (unpaired) electrons. The minimum Gasteiger partial charge on any atom is -0.480 e. The van der Waals surface area contributed by atoms with Gasteiger partial charge in [-0.1, -0.05) is 0 Å². The number of aromatic nitrogens is 1. The van der Waals surface area contributed by atoms with Crippen molar-refractivity contribution in [1.29, 1.82) is 0 Å². The highest BCUT2D eigenvalue weighted by molar-refractivity contribution is 5.93. The number of hydrogen-bond donors (Lipinski definition) is 2. The van der Waals surface area contributed by atoms with Gasteiger partial charge in [0.15, 0.2) is 0 Å². The molecule has 2 N–H and O–H groups in total. The van der Waals surface area contributed by atoms with Crippen LogP contribution in [0.5, 0.6) is 0 Å². The molecule has 0 spiro atoms. The minimum absolute atomic E-state index is 0.0504. The maximum absolute atomic E-state index is 12.6. The molecule has 0 aromatic carbocycles. The Morgan fingerprint density at radius 2 is 2.15 bits per heavy atom. The smallest absolute Gasteiger partial charge is 0.323 e. The molecule has 1 fully saturated rings. The lowest BCUT2D eigenvalue weighted by Gasteiger charge is -2.35. The fourth-order valence-corrected chi connectivity index (χ4v) is 2.76. The number of carboxylic acids is 1. The average molecular weight is 280 g/mol. The third-order valence-corrected chi connectivity index (χ3v) is 3.70. The molecule has 1 unspecified atom stereocenters. The summed E-state index contributed by atoms with van der Waals surface area (Å²) in [5, 5.41) is 18.0. The van der Waals surface area contributed by atoms with Gasteiger partial charge in [-0.05, 0) is 37.8 Å². The molecule has 6 nitrogen and oxygen atoms in total. The molecule has 1 amide bonds. The molecule has 110 valence electrons. The molecule has 0 aliphatic carbocycles. The van der Waals surface area contributed by atoms with Crippen LogP contribution in [0.25, 0.3) is 0 Å². The number of carbonyl (C=O) groups is 2. The first-order valence-corrected chi connectivity index (χ1v) is 6.92. The Hall–Kier alpha value is -1.82. The molecule has 20 heavy (non-hydrogen) atoms. The van der Waals surface area contributed by atoms with E-state index in [0.29, 0.717) is 18.7 Å². The van der Waals surface area contributed by atoms with E-state index in [0.717, 1.165) is 19.3 Å². The second kappa shape index (κ2) is 6.56. The predicted octanol–water partition coefficient (Wildman–Crippen LogP) is 0.950. The van der Waals surface area contributed by atoms with Gasteiger partial charge >= 0.3 is 5.97 Å². The van der Waals surface area contributed by atoms with Gasteiger partial charge in [0, 0.05) is 25.4 Å². The summed E-state index contributed by atoms with van der Waals surface area (Å²) in [7, 11) is 0. The lowest BCUT2D eigenvalue weighted by atomic mass is 9.99. The van der Waals surface area contributed by atoms with Crippen molar-refractivity contribution in [1.82, 2.24) is 9.47 Å². The third kappa shape index (κ3) is 3.19. The fourth-order valence-electron chi connectivity index (χ4n) is 2.76. The van der Waals surface area contributed by atoms with Crippen LogP contribution in [-0.2, 0) is 11.3 Å². The molecule has 2 rings (SSSR count). The van der Waals surface area contributed by atoms with E-state index in [-0.39, 0.29) is 25.1 Å². The summed E-state index contributed by atoms with van der Waals surface area (Å²) in [6.07, 6.45) is 5.08. The number of aliphatic hydroxyl groups excluding tert-OH is 1. The fraction of sp³-hybridized carbons (Fsp3) is 0.571. The zero-order chi connectivity index (χ0) is 14.5. The highest BCUT2D eigenvalue weighted by Crippen LogP contribution is 2.22. The van der Waals surface area contributed by atoms with E-state index in [9.17, 15) is 9.59 Å². The lowest BCUT2D eigenvalue weighted by molar-refractivity contribution is -0.137. The molecule has 0 saturated carbocycles. The number of piperidine rings is 1. The highest BCUT2D eigenvalue weighted by Gasteiger charge is 2.28. The first kappa shape index (κ1) is 14.6. The van der Waals surface area contributed by atoms with Gasteiger partial charge in [-0.25, -0.2) is 0 Å². The van der Waals surface area contributed by atoms with Crippen LogP contribution in [-0.4, -0.2) is 50.8 Å². The quantitative estimate of drug-likeness (QED) is 0.841. The highest BCUT2D eigenvalue weighted by atomic mass is 16.4. The van der Waals surface area contributed by atoms with Crippen LogP contribution in [0.15, 0.2) is 18.3 Å². The summed E-state index contributed by atoms with van der Waals surface area (Å²) in [6, 6.07) is 3.38. The predicted molar refractivity (Wildman–Crippen MR) is 72.4 cm³/mol. The Morgan fingerprint density at radius 1 is 1.35 bits per heavy atom. The average Bonchev–Trinajstić information content (AvgIpc) is 2.86. The monoisotopic (exact) mass is 280 g/mol. The van der Waals surface area contributed by atoms with Gasteiger partial charge in [-0.2, -0.15) is 0 Å². The number of likely N-dealkylation sites (tertiary alicyclic amines) is 1. The zero-order valence-corrected chi connectivity index (χ0v) is 11.4. The van der Waals surface area contributed by atoms with Gasteiger partial charge in [0.1, 0.15) is 12.2 Å². The molecular formula is C14H20N2O4. The van der Waals surface area contributed by atoms with Crippen LogP contribution in [0, 0.1) is 0 Å². The summed E-state index contributed by atoms with van der Waals surface area (Å²) >= 11 is 0. The normalized spacial score (nSPS) is 19.1. The Morgan fingerprint density at radius 3 is 2.85 bits per heavy atom. The van der Waals surface area contributed by atoms with Crippen molar-refractivity contribution in [2.45, 2.75) is 38.3 Å². The number of rotatable bonds is 5. The van der Waals surface area contributed by atoms with Crippen molar-refractivity contribution in [2.24, 2.45) is 0 Å². The van der Waals surface area contributed by atoms with E-state index in [4.69, 9.17) is 10.2 Å². The topological polar surface area (TPSA) is 82.8 Å². The molecule has 1 aliphatic heterocycles. The number of aliphatic carboxylic acids is 1. The third-order valence-electron chi connectivity index (χ3n) is 3.70. The molecule has 1 atom stereocenters. The van der Waals surface area contributed by atoms with Crippen molar-refractivity contribution >= 4 is 11.9 Å². The number of nitrogens with zero attached hydrogens (tertiary/aromatic N) is 2. The molecule has 0 bridgehead atoms. The largest absolute Gasteiger partial charge is 0.480 e. The van der Waals surface area contributed by atoms with Crippen molar-refractivity contribution in [3.63, 3.8) is 0 Å². The number of hydrogen-bond acceptors (Lipinski definition) is 3. The zero-order valence-electron chi connectivity index (χ0n) is 11.4. The summed E-state index contributed by atoms with van der Waals surface area (Å²) in [5.74, 6) is -1.12. The molecule has 1 aliphatic rings. The van der Waals surface area contributed by atoms with Gasteiger partial charge in [0.25, 0.3) is 5.91 Å². The first-order valence-electron chi connectivity index (χ1n) is 6.92. The summed E-state index contributed by atoms with van der Waals surface area (Å²) in [4.78, 5) is 25.2. The number of aliphatic hydroxyl groups is 1. The molecular weight excluding hydrogens is 260 g/mol. The Kier molecular flexibility index (Phi) is 4.79. The van der Waals surface area contributed by atoms with Gasteiger partial charge in [-0.15, -0.1) is 0 Å². The van der Waals surface area contributed by atoms with Crippen molar-refractivity contribution < 1.29 is 19.8 Å². The Labute approximate surface area is 117 Å². The van der Waals surface area contributed by atoms with Gasteiger partial charge in [0.2, 0.25) is 0 Å². The summed E-state index contributed by atoms with van der Waals surface area (Å²) in [5.41, 5.74) is 0.400. The summed E-state index contributed by atoms with van der Waals surface area (Å²) < 4.78 is 1.45. The van der Waals surface area contributed by atoms with Gasteiger partial charge in [-0.3, -0.25) is 9.59 Å². The minimum atomic E-state index is -0.971. The molecule has 6 heteroatoms. The van der Waals surface area contributed by atoms with Crippen LogP contribution < -0.4 is 0 Å². The van der Waals surface area contributed by atoms with Crippen molar-refractivity contribution in [3.8, 4) is 0 Å². The molecule has 1 aromatic heterocycles. The maximum atomic E-state index is 12.6. The lowest BCUT2D eigenvalue weighted by Crippen LogP contribution is -2.44. The Bertz CT molecular complexity index is 481. The molecule has 2 heterocycles. The van der Waals surface area contributed by atoms with Crippen molar-refractivity contribution in [2.75, 3.05) is 13.2 Å². The maximum Gasteiger partial charge on any atom is 0.323 e. The molecule has 1 saturated heterocycles. The van der Waals surface area contributed by atoms with E-state index in [1.54, 1.807) is 23.2 Å². The van der Waals surface area contributed by atoms with Crippen LogP contribution in [0.2, 0.25) is 0 Å². The van der Waals surface area contributed by atoms with E-state index in [2.05, 4.69) is 0 Å². The van der Waals surface area contributed by atoms with Gasteiger partial charge in [0.05, 0.1) is 0 Å². The van der Waals surface area contributed by atoms with E-state index in [1.165, 1.54) is 4.57 Å². The second-order valence-electron chi connectivity index (χ2n) is 5.08. The van der Waals surface area contributed by atoms with Crippen molar-refractivity contribution in [3.05, 3.63) is 24.0 Å². The van der Waals surface area contributed by atoms with Gasteiger partial charge < -0.3 is 19.7 Å². The number of carboxylic acid groups (broad SMARTS) is 1. The first-order chi connectivity index (χ1) is 9.63. The van der Waals surface area contributed by atoms with Crippen LogP contribution >= 0.6 is 0 Å². The standard InChI is InChI=1S/C14H20N2O4/c17-9-6-11-4-1-2-8-16(11)14(20)12-5-3-7-15(12)10-13(18)19/h3,5,7,11,17H,1-2,4,6,8-10H2,(H,18,19). The van der Waals surface area contributed by atoms with E-state index >= 15 is 0 Å². The second-order valence-corrected chi connectivity index (χ2v) is 5.08. The Balaban J connectivity index is 2.16. The van der Waals surface area contributed by atoms with E-state index in [1.807, 2.05) is 0 Å². The van der Waals surface area contributed by atoms with E-state index < -0.39 is 5.97 Å². The van der Waals surface area contributed by atoms with Crippen LogP contribution in [0.3, 0.4) is 0 Å². The number of carbonyl (C=O) groups excluding carboxylic acids is 1. The summed E-state index contributed by atoms with van der Waals surface area (Å²) in [6.45, 7) is 0.513. The molecule has 1 aromatic rings. The SMILES string of the molecule is O=C(O)Cn1cccc1C(=O)N1CCCCC1CCO. The number of amides is 1.